The van der Waals surface area contributed by atoms with Crippen molar-refractivity contribution in [1.82, 2.24) is 0 Å². The average Bonchev–Trinajstić information content (AvgIpc) is 3.46. The Morgan fingerprint density at radius 3 is 2.21 bits per heavy atom. The molecule has 0 amide bonds. The summed E-state index contributed by atoms with van der Waals surface area (Å²) < 4.78 is 31.9. The van der Waals surface area contributed by atoms with Crippen molar-refractivity contribution < 1.29 is 17.8 Å². The molecule has 5 heteroatoms. The fraction of sp³-hybridized carbons (Fsp3) is 0.147. The van der Waals surface area contributed by atoms with Crippen molar-refractivity contribution in [3.05, 3.63) is 96.4 Å². The number of furan rings is 2. The maximum atomic E-state index is 15.6. The molecular weight excluding hydrogens is 546 g/mol. The molecule has 3 heterocycles. The van der Waals surface area contributed by atoms with Crippen LogP contribution in [0.3, 0.4) is 0 Å². The summed E-state index contributed by atoms with van der Waals surface area (Å²) in [4.78, 5) is 0. The number of aromatic nitrogens is 1. The summed E-state index contributed by atoms with van der Waals surface area (Å²) in [6.07, 6.45) is 2.15. The summed E-state index contributed by atoms with van der Waals surface area (Å²) in [6, 6.07) is 26.0. The number of aryl methyl sites for hydroxylation is 2. The number of hydrogen-bond donors (Lipinski definition) is 0. The van der Waals surface area contributed by atoms with Crippen LogP contribution in [-0.4, -0.2) is 13.3 Å². The third kappa shape index (κ3) is 3.73. The molecule has 0 radical (unpaired) electrons. The number of pyridine rings is 1. The molecule has 39 heavy (non-hydrogen) atoms. The van der Waals surface area contributed by atoms with Crippen LogP contribution in [-0.2, 0) is 7.05 Å². The van der Waals surface area contributed by atoms with Gasteiger partial charge >= 0.3 is 195 Å². The standard InChI is InChI=1S/C34H29FGeNO2/c1-20-10-12-24-25-13-14-27(35)32(21-11-15-30-26(18-21)23-8-6-7-9-29(23)38-30)34(25)39-33(24)31(20)28-19-22(36(2,3)4)16-17-37(28)5/h6-19H,1-5H3/q+1. The molecule has 0 aliphatic carbocycles. The number of rotatable bonds is 3. The molecule has 4 aromatic carbocycles. The Morgan fingerprint density at radius 2 is 1.41 bits per heavy atom. The van der Waals surface area contributed by atoms with E-state index in [1.54, 1.807) is 6.07 Å². The first-order valence-corrected chi connectivity index (χ1v) is 20.6. The minimum atomic E-state index is -2.07. The zero-order valence-corrected chi connectivity index (χ0v) is 24.8. The molecule has 3 nitrogen and oxygen atoms in total. The van der Waals surface area contributed by atoms with Crippen LogP contribution in [0, 0.1) is 12.7 Å². The van der Waals surface area contributed by atoms with E-state index in [0.717, 1.165) is 60.7 Å². The number of para-hydroxylation sites is 1. The van der Waals surface area contributed by atoms with E-state index >= 15 is 4.39 Å². The van der Waals surface area contributed by atoms with Gasteiger partial charge in [0.15, 0.2) is 0 Å². The Hall–Kier alpha value is -3.90. The van der Waals surface area contributed by atoms with Gasteiger partial charge in [-0.25, -0.2) is 0 Å². The summed E-state index contributed by atoms with van der Waals surface area (Å²) in [5, 5.41) is 3.88. The fourth-order valence-corrected chi connectivity index (χ4v) is 8.13. The predicted molar refractivity (Wildman–Crippen MR) is 161 cm³/mol. The van der Waals surface area contributed by atoms with Gasteiger partial charge in [0, 0.05) is 0 Å². The summed E-state index contributed by atoms with van der Waals surface area (Å²) in [6.45, 7) is 2.12. The van der Waals surface area contributed by atoms with Crippen LogP contribution in [0.25, 0.3) is 66.3 Å². The second-order valence-electron chi connectivity index (χ2n) is 11.5. The topological polar surface area (TPSA) is 30.2 Å². The summed E-state index contributed by atoms with van der Waals surface area (Å²) in [7, 11) is 2.07. The number of halogens is 1. The van der Waals surface area contributed by atoms with Gasteiger partial charge in [-0.3, -0.25) is 0 Å². The predicted octanol–water partition coefficient (Wildman–Crippen LogP) is 8.64. The molecule has 3 aromatic heterocycles. The molecule has 192 valence electrons. The van der Waals surface area contributed by atoms with Crippen LogP contribution in [0.15, 0.2) is 93.9 Å². The second-order valence-corrected chi connectivity index (χ2v) is 22.2. The molecule has 0 aliphatic rings. The summed E-state index contributed by atoms with van der Waals surface area (Å²) in [5.41, 5.74) is 7.50. The number of fused-ring (bicyclic) bond motifs is 6. The van der Waals surface area contributed by atoms with Crippen molar-refractivity contribution in [3.63, 3.8) is 0 Å². The van der Waals surface area contributed by atoms with E-state index in [2.05, 4.69) is 66.3 Å². The van der Waals surface area contributed by atoms with Crippen molar-refractivity contribution in [2.24, 2.45) is 7.05 Å². The molecule has 0 fully saturated rings. The Bertz CT molecular complexity index is 2100. The van der Waals surface area contributed by atoms with Crippen LogP contribution >= 0.6 is 0 Å². The number of nitrogens with zero attached hydrogens (tertiary/aromatic N) is 1. The van der Waals surface area contributed by atoms with Crippen LogP contribution in [0.1, 0.15) is 5.56 Å². The molecule has 0 N–H and O–H groups in total. The molecule has 7 rings (SSSR count). The van der Waals surface area contributed by atoms with E-state index in [1.807, 2.05) is 48.5 Å². The van der Waals surface area contributed by atoms with Gasteiger partial charge in [-0.2, -0.15) is 0 Å². The maximum absolute atomic E-state index is 15.6. The Morgan fingerprint density at radius 1 is 0.692 bits per heavy atom. The molecule has 0 saturated heterocycles. The SMILES string of the molecule is Cc1ccc2c(oc3c(-c4ccc5oc6ccccc6c5c4)c(F)ccc32)c1-c1c[c]([Ge]([CH3])([CH3])[CH3])cc[n+]1C. The minimum absolute atomic E-state index is 0.305. The Kier molecular flexibility index (Phi) is 5.30. The number of hydrogen-bond acceptors (Lipinski definition) is 2. The van der Waals surface area contributed by atoms with E-state index in [9.17, 15) is 0 Å². The molecule has 0 bridgehead atoms. The average molecular weight is 575 g/mol. The van der Waals surface area contributed by atoms with Crippen molar-refractivity contribution in [1.29, 1.82) is 0 Å². The summed E-state index contributed by atoms with van der Waals surface area (Å²) in [5.74, 6) is 6.91. The van der Waals surface area contributed by atoms with Gasteiger partial charge in [0.2, 0.25) is 0 Å². The molecule has 0 atom stereocenters. The Balaban J connectivity index is 1.52. The molecular formula is C34H29FGeNO2+. The normalized spacial score (nSPS) is 12.4. The van der Waals surface area contributed by atoms with Crippen molar-refractivity contribution in [2.75, 3.05) is 0 Å². The van der Waals surface area contributed by atoms with E-state index < -0.39 is 13.3 Å². The molecule has 0 spiro atoms. The van der Waals surface area contributed by atoms with E-state index in [-0.39, 0.29) is 5.82 Å². The quantitative estimate of drug-likeness (QED) is 0.156. The first-order chi connectivity index (χ1) is 18.7. The second kappa shape index (κ2) is 8.55. The van der Waals surface area contributed by atoms with Gasteiger partial charge in [0.1, 0.15) is 5.58 Å². The van der Waals surface area contributed by atoms with E-state index in [1.165, 1.54) is 4.40 Å². The number of benzene rings is 4. The first-order valence-electron chi connectivity index (χ1n) is 13.3. The zero-order chi connectivity index (χ0) is 27.1. The Labute approximate surface area is 228 Å². The van der Waals surface area contributed by atoms with Crippen LogP contribution in [0.4, 0.5) is 4.39 Å². The third-order valence-corrected chi connectivity index (χ3v) is 12.2. The monoisotopic (exact) mass is 576 g/mol. The van der Waals surface area contributed by atoms with Crippen molar-refractivity contribution in [3.8, 4) is 22.4 Å². The van der Waals surface area contributed by atoms with Gasteiger partial charge < -0.3 is 4.42 Å². The molecule has 7 aromatic rings. The third-order valence-electron chi connectivity index (χ3n) is 7.90. The van der Waals surface area contributed by atoms with Gasteiger partial charge in [0.05, 0.1) is 0 Å². The van der Waals surface area contributed by atoms with E-state index in [0.29, 0.717) is 11.1 Å². The summed E-state index contributed by atoms with van der Waals surface area (Å²) >= 11 is -2.07. The molecule has 0 unspecified atom stereocenters. The van der Waals surface area contributed by atoms with E-state index in [4.69, 9.17) is 8.83 Å². The molecule has 0 saturated carbocycles. The zero-order valence-electron chi connectivity index (χ0n) is 22.7. The van der Waals surface area contributed by atoms with Crippen LogP contribution in [0.2, 0.25) is 17.3 Å². The molecule has 0 aliphatic heterocycles. The van der Waals surface area contributed by atoms with Crippen LogP contribution < -0.4 is 8.96 Å². The van der Waals surface area contributed by atoms with Gasteiger partial charge in [0.25, 0.3) is 0 Å². The van der Waals surface area contributed by atoms with Crippen LogP contribution in [0.5, 0.6) is 0 Å². The van der Waals surface area contributed by atoms with Crippen molar-refractivity contribution >= 4 is 61.5 Å². The first kappa shape index (κ1) is 24.2. The van der Waals surface area contributed by atoms with Gasteiger partial charge in [-0.1, -0.05) is 18.2 Å². The van der Waals surface area contributed by atoms with Gasteiger partial charge in [-0.05, 0) is 6.07 Å². The fourth-order valence-electron chi connectivity index (χ4n) is 5.73. The van der Waals surface area contributed by atoms with Crippen molar-refractivity contribution in [2.45, 2.75) is 24.2 Å². The van der Waals surface area contributed by atoms with Gasteiger partial charge in [-0.15, -0.1) is 0 Å².